The Bertz CT molecular complexity index is 140. The van der Waals surface area contributed by atoms with Crippen LogP contribution in [0.2, 0.25) is 0 Å². The van der Waals surface area contributed by atoms with E-state index in [-0.39, 0.29) is 0 Å². The van der Waals surface area contributed by atoms with Gasteiger partial charge in [0.15, 0.2) is 0 Å². The van der Waals surface area contributed by atoms with Crippen LogP contribution in [0.5, 0.6) is 0 Å². The molecule has 0 fully saturated rings. The molecule has 1 aromatic heterocycles. The van der Waals surface area contributed by atoms with Crippen LogP contribution in [0.4, 0.5) is 4.39 Å². The molecule has 0 saturated heterocycles. The average molecular weight is 116 g/mol. The fourth-order valence-electron chi connectivity index (χ4n) is 0.381. The lowest BCUT2D eigenvalue weighted by Crippen LogP contribution is -2.09. The summed E-state index contributed by atoms with van der Waals surface area (Å²) in [7, 11) is 0. The zero-order valence-corrected chi connectivity index (χ0v) is 4.12. The van der Waals surface area contributed by atoms with Crippen LogP contribution >= 0.6 is 0 Å². The molecule has 1 heterocycles. The second kappa shape index (κ2) is 2.30. The van der Waals surface area contributed by atoms with Gasteiger partial charge in [0, 0.05) is 0 Å². The molecular weight excluding hydrogens is 111 g/mol. The largest absolute Gasteiger partial charge is 0.363 e. The maximum atomic E-state index is 11.3. The highest BCUT2D eigenvalue weighted by Crippen LogP contribution is 1.77. The lowest BCUT2D eigenvalue weighted by molar-refractivity contribution is 0.0215. The van der Waals surface area contributed by atoms with E-state index >= 15 is 0 Å². The quantitative estimate of drug-likeness (QED) is 0.553. The molecule has 0 bridgehead atoms. The number of hydrogen-bond acceptors (Lipinski definition) is 2. The van der Waals surface area contributed by atoms with E-state index < -0.39 is 6.86 Å². The Morgan fingerprint density at radius 1 is 1.75 bits per heavy atom. The lowest BCUT2D eigenvalue weighted by Gasteiger charge is -1.94. The Balaban J connectivity index is 2.50. The highest BCUT2D eigenvalue weighted by molar-refractivity contribution is 4.74. The molecule has 0 unspecified atom stereocenters. The van der Waals surface area contributed by atoms with Crippen molar-refractivity contribution in [1.82, 2.24) is 9.94 Å². The van der Waals surface area contributed by atoms with Gasteiger partial charge in [-0.05, 0) is 6.07 Å². The standard InChI is InChI=1S/C4H5FN2O/c5-4-8-7-3-1-2-6-7/h1-3H,4H2. The zero-order valence-electron chi connectivity index (χ0n) is 4.12. The van der Waals surface area contributed by atoms with Crippen molar-refractivity contribution in [2.45, 2.75) is 0 Å². The average Bonchev–Trinajstić information content (AvgIpc) is 2.19. The summed E-state index contributed by atoms with van der Waals surface area (Å²) in [5, 5.41) is 3.56. The van der Waals surface area contributed by atoms with E-state index in [0.29, 0.717) is 0 Å². The first-order chi connectivity index (χ1) is 3.93. The Kier molecular flexibility index (Phi) is 1.46. The van der Waals surface area contributed by atoms with Crippen molar-refractivity contribution in [3.8, 4) is 0 Å². The van der Waals surface area contributed by atoms with Crippen molar-refractivity contribution < 1.29 is 9.23 Å². The van der Waals surface area contributed by atoms with E-state index in [0.717, 1.165) is 4.85 Å². The van der Waals surface area contributed by atoms with E-state index in [9.17, 15) is 4.39 Å². The first kappa shape index (κ1) is 5.08. The number of aromatic nitrogens is 2. The topological polar surface area (TPSA) is 27.1 Å². The summed E-state index contributed by atoms with van der Waals surface area (Å²) in [5.74, 6) is 0. The molecule has 0 atom stereocenters. The summed E-state index contributed by atoms with van der Waals surface area (Å²) in [6.07, 6.45) is 3.02. The van der Waals surface area contributed by atoms with Crippen LogP contribution in [0.3, 0.4) is 0 Å². The minimum atomic E-state index is -0.846. The molecule has 8 heavy (non-hydrogen) atoms. The molecule has 0 radical (unpaired) electrons. The first-order valence-corrected chi connectivity index (χ1v) is 2.12. The van der Waals surface area contributed by atoms with Gasteiger partial charge in [-0.2, -0.15) is 0 Å². The lowest BCUT2D eigenvalue weighted by atomic mass is 10.8. The summed E-state index contributed by atoms with van der Waals surface area (Å²) in [4.78, 5) is 5.34. The van der Waals surface area contributed by atoms with Crippen molar-refractivity contribution in [2.24, 2.45) is 0 Å². The molecule has 3 nitrogen and oxygen atoms in total. The van der Waals surface area contributed by atoms with Gasteiger partial charge in [0.2, 0.25) is 0 Å². The summed E-state index contributed by atoms with van der Waals surface area (Å²) in [5.41, 5.74) is 0. The fourth-order valence-corrected chi connectivity index (χ4v) is 0.381. The molecule has 0 aliphatic rings. The first-order valence-electron chi connectivity index (χ1n) is 2.12. The van der Waals surface area contributed by atoms with Crippen molar-refractivity contribution in [3.05, 3.63) is 18.5 Å². The van der Waals surface area contributed by atoms with E-state index in [2.05, 4.69) is 9.94 Å². The third-order valence-corrected chi connectivity index (χ3v) is 0.661. The molecular formula is C4H5FN2O. The summed E-state index contributed by atoms with van der Waals surface area (Å²) < 4.78 is 11.3. The predicted molar refractivity (Wildman–Crippen MR) is 24.8 cm³/mol. The van der Waals surface area contributed by atoms with Crippen molar-refractivity contribution >= 4 is 0 Å². The second-order valence-electron chi connectivity index (χ2n) is 1.15. The molecule has 0 saturated carbocycles. The third kappa shape index (κ3) is 0.959. The van der Waals surface area contributed by atoms with Gasteiger partial charge in [-0.25, -0.2) is 4.39 Å². The van der Waals surface area contributed by atoms with Gasteiger partial charge in [0.05, 0.1) is 12.4 Å². The second-order valence-corrected chi connectivity index (χ2v) is 1.15. The highest BCUT2D eigenvalue weighted by atomic mass is 19.1. The van der Waals surface area contributed by atoms with Crippen LogP contribution in [0, 0.1) is 0 Å². The molecule has 0 spiro atoms. The summed E-state index contributed by atoms with van der Waals surface area (Å²) in [6.45, 7) is -0.846. The maximum Gasteiger partial charge on any atom is 0.255 e. The molecule has 44 valence electrons. The van der Waals surface area contributed by atoms with Gasteiger partial charge >= 0.3 is 0 Å². The molecule has 0 aliphatic carbocycles. The fraction of sp³-hybridized carbons (Fsp3) is 0.250. The number of halogens is 1. The maximum absolute atomic E-state index is 11.3. The molecule has 0 N–H and O–H groups in total. The predicted octanol–water partition coefficient (Wildman–Crippen LogP) is 0.239. The summed E-state index contributed by atoms with van der Waals surface area (Å²) >= 11 is 0. The molecule has 0 aliphatic heterocycles. The van der Waals surface area contributed by atoms with Gasteiger partial charge in [0.1, 0.15) is 0 Å². The van der Waals surface area contributed by atoms with Crippen LogP contribution in [0.25, 0.3) is 0 Å². The zero-order chi connectivity index (χ0) is 5.82. The Morgan fingerprint density at radius 2 is 2.62 bits per heavy atom. The molecule has 0 amide bonds. The number of nitrogens with zero attached hydrogens (tertiary/aromatic N) is 2. The SMILES string of the molecule is FCOn1cccn1. The van der Waals surface area contributed by atoms with Crippen molar-refractivity contribution in [2.75, 3.05) is 6.86 Å². The Morgan fingerprint density at radius 3 is 3.12 bits per heavy atom. The Labute approximate surface area is 45.6 Å². The van der Waals surface area contributed by atoms with Gasteiger partial charge in [-0.3, -0.25) is 0 Å². The van der Waals surface area contributed by atoms with Crippen LogP contribution in [-0.4, -0.2) is 16.8 Å². The van der Waals surface area contributed by atoms with Gasteiger partial charge < -0.3 is 4.84 Å². The van der Waals surface area contributed by atoms with Gasteiger partial charge in [0.25, 0.3) is 6.86 Å². The van der Waals surface area contributed by atoms with Crippen molar-refractivity contribution in [3.63, 3.8) is 0 Å². The normalized spacial score (nSPS) is 9.12. The van der Waals surface area contributed by atoms with Gasteiger partial charge in [-0.1, -0.05) is 0 Å². The van der Waals surface area contributed by atoms with Gasteiger partial charge in [-0.15, -0.1) is 9.94 Å². The number of rotatable bonds is 2. The smallest absolute Gasteiger partial charge is 0.255 e. The minimum absolute atomic E-state index is 0.846. The third-order valence-electron chi connectivity index (χ3n) is 0.661. The monoisotopic (exact) mass is 116 g/mol. The highest BCUT2D eigenvalue weighted by Gasteiger charge is 1.83. The minimum Gasteiger partial charge on any atom is -0.363 e. The van der Waals surface area contributed by atoms with Crippen LogP contribution < -0.4 is 4.84 Å². The molecule has 0 aromatic carbocycles. The number of hydrogen-bond donors (Lipinski definition) is 0. The Hall–Kier alpha value is -1.06. The van der Waals surface area contributed by atoms with E-state index in [1.807, 2.05) is 0 Å². The molecule has 1 aromatic rings. The summed E-state index contributed by atoms with van der Waals surface area (Å²) in [6, 6.07) is 1.65. The van der Waals surface area contributed by atoms with Crippen molar-refractivity contribution in [1.29, 1.82) is 0 Å². The van der Waals surface area contributed by atoms with Crippen LogP contribution in [0.15, 0.2) is 18.5 Å². The van der Waals surface area contributed by atoms with E-state index in [1.54, 1.807) is 6.07 Å². The van der Waals surface area contributed by atoms with E-state index in [4.69, 9.17) is 0 Å². The van der Waals surface area contributed by atoms with Crippen LogP contribution in [0.1, 0.15) is 0 Å². The molecule has 1 rings (SSSR count). The number of alkyl halides is 1. The van der Waals surface area contributed by atoms with Crippen LogP contribution in [-0.2, 0) is 0 Å². The molecule has 4 heteroatoms. The van der Waals surface area contributed by atoms with E-state index in [1.165, 1.54) is 12.4 Å².